The molecule has 1 heterocycles. The summed E-state index contributed by atoms with van der Waals surface area (Å²) in [6.07, 6.45) is -3.21. The van der Waals surface area contributed by atoms with Crippen molar-refractivity contribution in [3.63, 3.8) is 0 Å². The summed E-state index contributed by atoms with van der Waals surface area (Å²) < 4.78 is 41.7. The highest BCUT2D eigenvalue weighted by atomic mass is 79.9. The van der Waals surface area contributed by atoms with Gasteiger partial charge in [-0.15, -0.1) is 13.2 Å². The number of aromatic amines is 1. The van der Waals surface area contributed by atoms with Crippen LogP contribution in [0, 0.1) is 0 Å². The molecule has 3 rings (SSSR count). The summed E-state index contributed by atoms with van der Waals surface area (Å²) in [5.74, 6) is -2.00. The number of benzene rings is 2. The molecule has 145 valence electrons. The van der Waals surface area contributed by atoms with Gasteiger partial charge in [-0.25, -0.2) is 0 Å². The molecule has 10 heteroatoms. The van der Waals surface area contributed by atoms with Gasteiger partial charge in [0.1, 0.15) is 5.75 Å². The highest BCUT2D eigenvalue weighted by Crippen LogP contribution is 2.32. The average molecular weight is 454 g/mol. The van der Waals surface area contributed by atoms with Crippen LogP contribution >= 0.6 is 15.9 Å². The number of hydrogen-bond acceptors (Lipinski definition) is 4. The van der Waals surface area contributed by atoms with E-state index in [1.807, 2.05) is 6.07 Å². The Bertz CT molecular complexity index is 1000. The van der Waals surface area contributed by atoms with E-state index in [1.54, 1.807) is 24.4 Å². The molecule has 1 amide bonds. The maximum Gasteiger partial charge on any atom is 0.573 e. The van der Waals surface area contributed by atoms with E-state index in [0.29, 0.717) is 11.0 Å². The number of H-pyrrole nitrogens is 1. The molecule has 0 spiro atoms. The number of aromatic nitrogens is 2. The first-order valence-corrected chi connectivity index (χ1v) is 9.01. The van der Waals surface area contributed by atoms with Crippen LogP contribution in [0.2, 0.25) is 0 Å². The van der Waals surface area contributed by atoms with Crippen LogP contribution in [0.1, 0.15) is 15.9 Å². The summed E-state index contributed by atoms with van der Waals surface area (Å²) in [6, 6.07) is 10.7. The fourth-order valence-electron chi connectivity index (χ4n) is 2.57. The molecular formula is C18H13BrF3N4O2. The van der Waals surface area contributed by atoms with Crippen molar-refractivity contribution in [1.29, 1.82) is 0 Å². The second-order valence-electron chi connectivity index (χ2n) is 5.69. The van der Waals surface area contributed by atoms with Gasteiger partial charge in [-0.1, -0.05) is 28.1 Å². The lowest BCUT2D eigenvalue weighted by atomic mass is 10.1. The average Bonchev–Trinajstić information content (AvgIpc) is 3.09. The molecule has 0 atom stereocenters. The first-order chi connectivity index (χ1) is 13.3. The van der Waals surface area contributed by atoms with Crippen molar-refractivity contribution < 1.29 is 22.7 Å². The molecular weight excluding hydrogens is 441 g/mol. The predicted octanol–water partition coefficient (Wildman–Crippen LogP) is 5.04. The summed E-state index contributed by atoms with van der Waals surface area (Å²) in [4.78, 5) is 11.2. The third-order valence-electron chi connectivity index (χ3n) is 3.74. The van der Waals surface area contributed by atoms with E-state index >= 15 is 0 Å². The van der Waals surface area contributed by atoms with E-state index in [0.717, 1.165) is 29.0 Å². The lowest BCUT2D eigenvalue weighted by molar-refractivity contribution is -0.274. The summed E-state index contributed by atoms with van der Waals surface area (Å²) >= 11 is 3.38. The molecule has 0 aliphatic rings. The van der Waals surface area contributed by atoms with Crippen LogP contribution in [0.25, 0.3) is 11.3 Å². The minimum absolute atomic E-state index is 0.268. The van der Waals surface area contributed by atoms with E-state index in [-0.39, 0.29) is 5.69 Å². The lowest BCUT2D eigenvalue weighted by Crippen LogP contribution is -2.19. The molecule has 28 heavy (non-hydrogen) atoms. The van der Waals surface area contributed by atoms with Gasteiger partial charge in [-0.3, -0.25) is 15.6 Å². The van der Waals surface area contributed by atoms with E-state index in [2.05, 4.69) is 36.2 Å². The Morgan fingerprint density at radius 1 is 1.21 bits per heavy atom. The van der Waals surface area contributed by atoms with E-state index in [9.17, 15) is 18.0 Å². The van der Waals surface area contributed by atoms with Crippen LogP contribution < -0.4 is 15.8 Å². The smallest absolute Gasteiger partial charge is 0.405 e. The Hall–Kier alpha value is -3.01. The Balaban J connectivity index is 1.91. The van der Waals surface area contributed by atoms with Crippen LogP contribution in [0.4, 0.5) is 24.5 Å². The number of nitrogens with zero attached hydrogens (tertiary/aromatic N) is 1. The Morgan fingerprint density at radius 3 is 2.64 bits per heavy atom. The van der Waals surface area contributed by atoms with Crippen molar-refractivity contribution in [3.8, 4) is 17.0 Å². The first-order valence-electron chi connectivity index (χ1n) is 7.88. The molecule has 0 unspecified atom stereocenters. The number of ether oxygens (including phenoxy) is 1. The molecule has 3 N–H and O–H groups in total. The summed E-state index contributed by atoms with van der Waals surface area (Å²) in [6.45, 7) is 0. The first kappa shape index (κ1) is 19.7. The molecule has 0 saturated carbocycles. The van der Waals surface area contributed by atoms with Gasteiger partial charge in [0.25, 0.3) is 5.91 Å². The molecule has 6 nitrogen and oxygen atoms in total. The molecule has 0 aliphatic carbocycles. The number of alkyl halides is 4. The molecule has 0 aliphatic heterocycles. The number of carbonyl (C=O) groups is 1. The lowest BCUT2D eigenvalue weighted by Gasteiger charge is -2.14. The van der Waals surface area contributed by atoms with Gasteiger partial charge in [0, 0.05) is 40.1 Å². The van der Waals surface area contributed by atoms with Crippen molar-refractivity contribution >= 4 is 33.2 Å². The topological polar surface area (TPSA) is 90.8 Å². The quantitative estimate of drug-likeness (QED) is 0.511. The van der Waals surface area contributed by atoms with E-state index < -0.39 is 23.6 Å². The highest BCUT2D eigenvalue weighted by Gasteiger charge is 2.33. The SMILES string of the molecule is [NH]C(=O)c1ccc(Nc2cccc(-c3n[nH]cc3CBr)c2)cc1OC(F)(F)F. The number of amides is 1. The molecule has 0 saturated heterocycles. The third kappa shape index (κ3) is 4.63. The maximum atomic E-state index is 12.6. The van der Waals surface area contributed by atoms with Crippen molar-refractivity contribution in [2.24, 2.45) is 0 Å². The number of nitrogens with one attached hydrogen (secondary N) is 3. The monoisotopic (exact) mass is 453 g/mol. The molecule has 0 bridgehead atoms. The van der Waals surface area contributed by atoms with E-state index in [1.165, 1.54) is 6.07 Å². The van der Waals surface area contributed by atoms with Crippen molar-refractivity contribution in [2.75, 3.05) is 5.32 Å². The van der Waals surface area contributed by atoms with Crippen molar-refractivity contribution in [3.05, 3.63) is 59.8 Å². The van der Waals surface area contributed by atoms with Crippen molar-refractivity contribution in [1.82, 2.24) is 15.9 Å². The molecule has 3 aromatic rings. The predicted molar refractivity (Wildman–Crippen MR) is 100 cm³/mol. The minimum atomic E-state index is -4.98. The Morgan fingerprint density at radius 2 is 1.96 bits per heavy atom. The maximum absolute atomic E-state index is 12.6. The largest absolute Gasteiger partial charge is 0.573 e. The molecule has 1 radical (unpaired) electrons. The van der Waals surface area contributed by atoms with Crippen LogP contribution in [0.3, 0.4) is 0 Å². The fourth-order valence-corrected chi connectivity index (χ4v) is 3.00. The zero-order chi connectivity index (χ0) is 20.3. The van der Waals surface area contributed by atoms with Crippen molar-refractivity contribution in [2.45, 2.75) is 11.7 Å². The van der Waals surface area contributed by atoms with Gasteiger partial charge in [0.2, 0.25) is 0 Å². The molecule has 1 aromatic heterocycles. The van der Waals surface area contributed by atoms with Gasteiger partial charge in [0.15, 0.2) is 0 Å². The number of halogens is 4. The van der Waals surface area contributed by atoms with Crippen LogP contribution in [0.5, 0.6) is 5.75 Å². The van der Waals surface area contributed by atoms with Gasteiger partial charge in [-0.05, 0) is 24.3 Å². The van der Waals surface area contributed by atoms with Crippen LogP contribution in [-0.4, -0.2) is 22.5 Å². The van der Waals surface area contributed by atoms with Gasteiger partial charge >= 0.3 is 6.36 Å². The molecule has 2 aromatic carbocycles. The highest BCUT2D eigenvalue weighted by molar-refractivity contribution is 9.08. The Kier molecular flexibility index (Phi) is 5.59. The standard InChI is InChI=1S/C18H13BrF3N4O2/c19-8-11-9-24-26-16(11)10-2-1-3-12(6-10)25-13-4-5-14(17(23)27)15(7-13)28-18(20,21)22/h1-7,9,23,25H,8H2,(H,24,26). The van der Waals surface area contributed by atoms with E-state index in [4.69, 9.17) is 5.73 Å². The fraction of sp³-hybridized carbons (Fsp3) is 0.111. The van der Waals surface area contributed by atoms with Gasteiger partial charge in [0.05, 0.1) is 11.3 Å². The minimum Gasteiger partial charge on any atom is -0.405 e. The number of carbonyl (C=O) groups excluding carboxylic acids is 1. The zero-order valence-electron chi connectivity index (χ0n) is 14.1. The summed E-state index contributed by atoms with van der Waals surface area (Å²) in [5, 5.41) is 10.6. The second kappa shape index (κ2) is 7.93. The second-order valence-corrected chi connectivity index (χ2v) is 6.25. The molecule has 0 fully saturated rings. The van der Waals surface area contributed by atoms with Crippen LogP contribution in [0.15, 0.2) is 48.7 Å². The van der Waals surface area contributed by atoms with Gasteiger partial charge < -0.3 is 10.1 Å². The van der Waals surface area contributed by atoms with Crippen LogP contribution in [-0.2, 0) is 5.33 Å². The summed E-state index contributed by atoms with van der Waals surface area (Å²) in [5.41, 5.74) is 9.99. The summed E-state index contributed by atoms with van der Waals surface area (Å²) in [7, 11) is 0. The third-order valence-corrected chi connectivity index (χ3v) is 4.34. The Labute approximate surface area is 166 Å². The van der Waals surface area contributed by atoms with Gasteiger partial charge in [-0.2, -0.15) is 5.10 Å². The zero-order valence-corrected chi connectivity index (χ0v) is 15.7. The number of rotatable bonds is 6. The normalized spacial score (nSPS) is 11.3. The number of hydrogen-bond donors (Lipinski definition) is 2. The number of anilines is 2.